The number of cyclic esters (lactones) is 1. The van der Waals surface area contributed by atoms with Gasteiger partial charge in [-0.3, -0.25) is 4.79 Å². The summed E-state index contributed by atoms with van der Waals surface area (Å²) in [5.41, 5.74) is 3.21. The van der Waals surface area contributed by atoms with E-state index in [-0.39, 0.29) is 29.8 Å². The van der Waals surface area contributed by atoms with Crippen LogP contribution in [0.1, 0.15) is 93.4 Å². The third kappa shape index (κ3) is 14.6. The number of ether oxygens (including phenoxy) is 1. The molecule has 0 fully saturated rings. The van der Waals surface area contributed by atoms with Crippen LogP contribution >= 0.6 is 0 Å². The van der Waals surface area contributed by atoms with Gasteiger partial charge >= 0.3 is 11.9 Å². The predicted octanol–water partition coefficient (Wildman–Crippen LogP) is 7.25. The van der Waals surface area contributed by atoms with E-state index in [1.165, 1.54) is 0 Å². The average molecular weight is 557 g/mol. The summed E-state index contributed by atoms with van der Waals surface area (Å²) in [5.74, 6) is -0.964. The number of aliphatic carboxylic acids is 1. The molecule has 40 heavy (non-hydrogen) atoms. The molecule has 0 bridgehead atoms. The maximum Gasteiger partial charge on any atom is 0.331 e. The van der Waals surface area contributed by atoms with Crippen LogP contribution in [0.4, 0.5) is 0 Å². The Morgan fingerprint density at radius 3 is 2.35 bits per heavy atom. The lowest BCUT2D eigenvalue weighted by molar-refractivity contribution is -0.151. The highest BCUT2D eigenvalue weighted by molar-refractivity contribution is 5.88. The molecular formula is C34H52O6. The fourth-order valence-electron chi connectivity index (χ4n) is 4.86. The van der Waals surface area contributed by atoms with Gasteiger partial charge in [0.05, 0.1) is 12.2 Å². The minimum absolute atomic E-state index is 0.118. The molecule has 3 N–H and O–H groups in total. The Hall–Kier alpha value is -2.70. The highest BCUT2D eigenvalue weighted by Crippen LogP contribution is 2.31. The smallest absolute Gasteiger partial charge is 0.331 e. The monoisotopic (exact) mass is 556 g/mol. The SMILES string of the molecule is CC(=CC=CC(C)=CC[C@H](O)C[C@H](C)O)C=C(C)C=C(C(=O)O)[C@H]1CCCC(=O)O[C@@H](C(C)C)CC=CC[C@@H]1C. The van der Waals surface area contributed by atoms with E-state index in [0.29, 0.717) is 44.1 Å². The zero-order valence-electron chi connectivity index (χ0n) is 25.6. The van der Waals surface area contributed by atoms with E-state index >= 15 is 0 Å². The molecule has 224 valence electrons. The molecule has 0 aromatic heterocycles. The summed E-state index contributed by atoms with van der Waals surface area (Å²) in [6.07, 6.45) is 18.2. The quantitative estimate of drug-likeness (QED) is 0.107. The van der Waals surface area contributed by atoms with E-state index in [1.807, 2.05) is 51.2 Å². The summed E-state index contributed by atoms with van der Waals surface area (Å²) < 4.78 is 5.68. The minimum Gasteiger partial charge on any atom is -0.478 e. The maximum atomic E-state index is 12.4. The molecule has 0 saturated heterocycles. The van der Waals surface area contributed by atoms with Crippen molar-refractivity contribution in [2.75, 3.05) is 0 Å². The van der Waals surface area contributed by atoms with Crippen molar-refractivity contribution < 1.29 is 29.6 Å². The lowest BCUT2D eigenvalue weighted by Gasteiger charge is -2.26. The van der Waals surface area contributed by atoms with Crippen LogP contribution in [-0.4, -0.2) is 45.6 Å². The Labute approximate surface area is 241 Å². The number of aliphatic hydroxyl groups is 2. The van der Waals surface area contributed by atoms with Crippen molar-refractivity contribution in [2.45, 2.75) is 112 Å². The van der Waals surface area contributed by atoms with Crippen molar-refractivity contribution in [1.82, 2.24) is 0 Å². The second-order valence-corrected chi connectivity index (χ2v) is 11.7. The first-order valence-corrected chi connectivity index (χ1v) is 14.7. The summed E-state index contributed by atoms with van der Waals surface area (Å²) in [6.45, 7) is 13.7. The fraction of sp³-hybridized carbons (Fsp3) is 0.588. The van der Waals surface area contributed by atoms with Gasteiger partial charge in [0, 0.05) is 18.4 Å². The highest BCUT2D eigenvalue weighted by Gasteiger charge is 2.27. The largest absolute Gasteiger partial charge is 0.478 e. The van der Waals surface area contributed by atoms with Crippen molar-refractivity contribution in [3.8, 4) is 0 Å². The molecule has 6 heteroatoms. The molecule has 1 heterocycles. The number of carbonyl (C=O) groups is 2. The third-order valence-electron chi connectivity index (χ3n) is 7.18. The van der Waals surface area contributed by atoms with Gasteiger partial charge in [0.15, 0.2) is 0 Å². The van der Waals surface area contributed by atoms with Crippen LogP contribution in [0.2, 0.25) is 0 Å². The first kappa shape index (κ1) is 35.3. The van der Waals surface area contributed by atoms with Gasteiger partial charge in [-0.15, -0.1) is 0 Å². The van der Waals surface area contributed by atoms with Gasteiger partial charge in [0.25, 0.3) is 0 Å². The van der Waals surface area contributed by atoms with E-state index in [0.717, 1.165) is 23.1 Å². The Kier molecular flexibility index (Phi) is 16.4. The van der Waals surface area contributed by atoms with E-state index < -0.39 is 18.2 Å². The lowest BCUT2D eigenvalue weighted by Crippen LogP contribution is -2.24. The number of carboxylic acids is 1. The summed E-state index contributed by atoms with van der Waals surface area (Å²) in [4.78, 5) is 24.8. The number of rotatable bonds is 11. The molecule has 0 aromatic carbocycles. The van der Waals surface area contributed by atoms with Crippen molar-refractivity contribution in [1.29, 1.82) is 0 Å². The molecule has 0 radical (unpaired) electrons. The molecule has 0 amide bonds. The fourth-order valence-corrected chi connectivity index (χ4v) is 4.86. The van der Waals surface area contributed by atoms with E-state index in [9.17, 15) is 24.9 Å². The van der Waals surface area contributed by atoms with Crippen molar-refractivity contribution in [3.63, 3.8) is 0 Å². The van der Waals surface area contributed by atoms with Crippen molar-refractivity contribution >= 4 is 11.9 Å². The first-order valence-electron chi connectivity index (χ1n) is 14.7. The third-order valence-corrected chi connectivity index (χ3v) is 7.18. The zero-order chi connectivity index (χ0) is 30.2. The molecule has 0 aliphatic carbocycles. The molecule has 1 aliphatic rings. The molecule has 0 aromatic rings. The molecule has 0 spiro atoms. The van der Waals surface area contributed by atoms with E-state index in [4.69, 9.17) is 4.74 Å². The summed E-state index contributed by atoms with van der Waals surface area (Å²) in [6, 6.07) is 0. The van der Waals surface area contributed by atoms with Gasteiger partial charge in [-0.1, -0.05) is 80.0 Å². The molecule has 6 nitrogen and oxygen atoms in total. The number of hydrogen-bond donors (Lipinski definition) is 3. The van der Waals surface area contributed by atoms with Gasteiger partial charge in [-0.25, -0.2) is 4.79 Å². The molecular weight excluding hydrogens is 504 g/mol. The number of esters is 1. The number of hydrogen-bond acceptors (Lipinski definition) is 5. The van der Waals surface area contributed by atoms with Crippen LogP contribution in [0, 0.1) is 17.8 Å². The van der Waals surface area contributed by atoms with E-state index in [2.05, 4.69) is 32.9 Å². The molecule has 1 aliphatic heterocycles. The van der Waals surface area contributed by atoms with Crippen LogP contribution in [0.5, 0.6) is 0 Å². The van der Waals surface area contributed by atoms with Gasteiger partial charge in [-0.2, -0.15) is 0 Å². The predicted molar refractivity (Wildman–Crippen MR) is 163 cm³/mol. The van der Waals surface area contributed by atoms with Crippen LogP contribution in [-0.2, 0) is 14.3 Å². The maximum absolute atomic E-state index is 12.4. The van der Waals surface area contributed by atoms with E-state index in [1.54, 1.807) is 13.0 Å². The Morgan fingerprint density at radius 2 is 1.73 bits per heavy atom. The van der Waals surface area contributed by atoms with Crippen molar-refractivity contribution in [2.24, 2.45) is 17.8 Å². The van der Waals surface area contributed by atoms with Gasteiger partial charge in [0.2, 0.25) is 0 Å². The highest BCUT2D eigenvalue weighted by atomic mass is 16.5. The van der Waals surface area contributed by atoms with Gasteiger partial charge in [0.1, 0.15) is 6.10 Å². The number of carboxylic acid groups (broad SMARTS) is 1. The summed E-state index contributed by atoms with van der Waals surface area (Å²) >= 11 is 0. The van der Waals surface area contributed by atoms with Gasteiger partial charge < -0.3 is 20.1 Å². The van der Waals surface area contributed by atoms with Gasteiger partial charge in [-0.05, 0) is 83.6 Å². The number of allylic oxidation sites excluding steroid dienone is 9. The lowest BCUT2D eigenvalue weighted by atomic mass is 9.80. The summed E-state index contributed by atoms with van der Waals surface area (Å²) in [7, 11) is 0. The first-order chi connectivity index (χ1) is 18.8. The number of aliphatic hydroxyl groups excluding tert-OH is 2. The number of carbonyl (C=O) groups excluding carboxylic acids is 1. The van der Waals surface area contributed by atoms with Crippen LogP contribution in [0.3, 0.4) is 0 Å². The van der Waals surface area contributed by atoms with Crippen LogP contribution in [0.15, 0.2) is 70.9 Å². The zero-order valence-corrected chi connectivity index (χ0v) is 25.6. The second-order valence-electron chi connectivity index (χ2n) is 11.7. The van der Waals surface area contributed by atoms with Crippen LogP contribution in [0.25, 0.3) is 0 Å². The Balaban J connectivity index is 3.04. The topological polar surface area (TPSA) is 104 Å². The normalized spacial score (nSPS) is 24.4. The molecule has 0 unspecified atom stereocenters. The Bertz CT molecular complexity index is 992. The minimum atomic E-state index is -0.928. The van der Waals surface area contributed by atoms with Crippen molar-refractivity contribution in [3.05, 3.63) is 70.9 Å². The molecule has 5 atom stereocenters. The average Bonchev–Trinajstić information content (AvgIpc) is 2.84. The second kappa shape index (κ2) is 18.6. The standard InChI is InChI=1S/C34H52O6/c1-23(2)32-16-9-8-14-27(6)30(15-11-17-33(37)40-32)31(34(38)39)21-26(5)20-25(4)13-10-12-24(3)18-19-29(36)22-28(7)35/h8-10,12-13,18,20-21,23,27-30,32,35-36H,11,14-17,19,22H2,1-7H3,(H,38,39)/t27-,28-,29-,30-,32+/m0/s1. The molecule has 1 rings (SSSR count). The Morgan fingerprint density at radius 1 is 1.05 bits per heavy atom. The summed E-state index contributed by atoms with van der Waals surface area (Å²) in [5, 5.41) is 29.4. The molecule has 0 saturated carbocycles. The van der Waals surface area contributed by atoms with Crippen LogP contribution < -0.4 is 0 Å².